The van der Waals surface area contributed by atoms with Crippen molar-refractivity contribution in [2.75, 3.05) is 24.6 Å². The summed E-state index contributed by atoms with van der Waals surface area (Å²) in [6.45, 7) is 4.91. The molecule has 0 amide bonds. The lowest BCUT2D eigenvalue weighted by molar-refractivity contribution is 0.0694. The third-order valence-corrected chi connectivity index (χ3v) is 7.05. The van der Waals surface area contributed by atoms with Gasteiger partial charge in [0.2, 0.25) is 5.43 Å². The molecule has 7 nitrogen and oxygen atoms in total. The number of carboxylic acids is 1. The molecule has 2 atom stereocenters. The number of nitrogens with two attached hydrogens (primary N) is 1. The van der Waals surface area contributed by atoms with Gasteiger partial charge in [-0.3, -0.25) is 4.79 Å². The summed E-state index contributed by atoms with van der Waals surface area (Å²) in [4.78, 5) is 27.2. The molecule has 4 N–H and O–H groups in total. The third kappa shape index (κ3) is 4.78. The van der Waals surface area contributed by atoms with Gasteiger partial charge in [-0.15, -0.1) is 0 Å². The van der Waals surface area contributed by atoms with Crippen LogP contribution in [0.25, 0.3) is 10.9 Å². The van der Waals surface area contributed by atoms with Gasteiger partial charge in [0.25, 0.3) is 0 Å². The lowest BCUT2D eigenvalue weighted by Crippen LogP contribution is -2.28. The smallest absolute Gasteiger partial charge is 0.341 e. The second-order valence-corrected chi connectivity index (χ2v) is 9.87. The number of fused-ring (bicyclic) bond motifs is 1. The van der Waals surface area contributed by atoms with E-state index in [1.807, 2.05) is 19.9 Å². The van der Waals surface area contributed by atoms with E-state index in [2.05, 4.69) is 4.90 Å². The highest BCUT2D eigenvalue weighted by atomic mass is 35.5. The third-order valence-electron chi connectivity index (χ3n) is 6.75. The summed E-state index contributed by atoms with van der Waals surface area (Å²) in [5, 5.41) is 20.0. The van der Waals surface area contributed by atoms with Crippen molar-refractivity contribution in [3.05, 3.63) is 74.3 Å². The zero-order valence-corrected chi connectivity index (χ0v) is 20.4. The van der Waals surface area contributed by atoms with E-state index in [4.69, 9.17) is 17.3 Å². The van der Waals surface area contributed by atoms with Crippen molar-refractivity contribution in [2.24, 2.45) is 11.7 Å². The molecule has 4 rings (SSSR count). The van der Waals surface area contributed by atoms with E-state index in [9.17, 15) is 24.2 Å². The van der Waals surface area contributed by atoms with Crippen LogP contribution in [0.2, 0.25) is 5.02 Å². The minimum absolute atomic E-state index is 0.00581. The minimum atomic E-state index is -1.34. The van der Waals surface area contributed by atoms with E-state index in [0.29, 0.717) is 29.7 Å². The van der Waals surface area contributed by atoms with Crippen LogP contribution < -0.4 is 16.1 Å². The van der Waals surface area contributed by atoms with Crippen LogP contribution in [0.5, 0.6) is 0 Å². The Bertz CT molecular complexity index is 1340. The van der Waals surface area contributed by atoms with E-state index >= 15 is 0 Å². The van der Waals surface area contributed by atoms with Gasteiger partial charge in [0.15, 0.2) is 0 Å². The van der Waals surface area contributed by atoms with Crippen molar-refractivity contribution in [3.8, 4) is 0 Å². The van der Waals surface area contributed by atoms with E-state index in [-0.39, 0.29) is 41.0 Å². The fraction of sp³-hybridized carbons (Fsp3) is 0.385. The number of aliphatic hydroxyl groups is 1. The first kappa shape index (κ1) is 25.2. The van der Waals surface area contributed by atoms with Gasteiger partial charge in [0.05, 0.1) is 23.2 Å². The van der Waals surface area contributed by atoms with Gasteiger partial charge in [-0.25, -0.2) is 9.18 Å². The summed E-state index contributed by atoms with van der Waals surface area (Å²) in [5.74, 6) is -1.91. The molecular weight excluding hydrogens is 473 g/mol. The van der Waals surface area contributed by atoms with Crippen molar-refractivity contribution < 1.29 is 19.4 Å². The SMILES string of the molecule is CC(C)[C@@H](CO)n1cc(C(=O)O)c(=O)c2cc(Cc3cccc(Cl)c3F)c(N3CC[C@@H](N)C3)cc21. The molecule has 0 saturated carbocycles. The summed E-state index contributed by atoms with van der Waals surface area (Å²) in [7, 11) is 0. The van der Waals surface area contributed by atoms with Crippen molar-refractivity contribution in [1.82, 2.24) is 4.57 Å². The molecule has 1 saturated heterocycles. The van der Waals surface area contributed by atoms with Gasteiger partial charge < -0.3 is 25.4 Å². The molecule has 1 aliphatic heterocycles. The molecule has 9 heteroatoms. The summed E-state index contributed by atoms with van der Waals surface area (Å²) in [6.07, 6.45) is 2.26. The molecule has 0 bridgehead atoms. The zero-order valence-electron chi connectivity index (χ0n) is 19.7. The van der Waals surface area contributed by atoms with Crippen LogP contribution in [0.15, 0.2) is 41.3 Å². The molecule has 0 unspecified atom stereocenters. The topological polar surface area (TPSA) is 109 Å². The summed E-state index contributed by atoms with van der Waals surface area (Å²) >= 11 is 6.00. The molecule has 0 spiro atoms. The monoisotopic (exact) mass is 501 g/mol. The summed E-state index contributed by atoms with van der Waals surface area (Å²) < 4.78 is 16.5. The molecule has 35 heavy (non-hydrogen) atoms. The number of aromatic nitrogens is 1. The Morgan fingerprint density at radius 2 is 2.03 bits per heavy atom. The number of halogens is 2. The number of carboxylic acid groups (broad SMARTS) is 1. The normalized spacial score (nSPS) is 16.9. The molecule has 0 aliphatic carbocycles. The lowest BCUT2D eigenvalue weighted by atomic mass is 9.97. The number of aliphatic hydroxyl groups excluding tert-OH is 1. The molecule has 0 radical (unpaired) electrons. The van der Waals surface area contributed by atoms with Crippen LogP contribution in [0.4, 0.5) is 10.1 Å². The summed E-state index contributed by atoms with van der Waals surface area (Å²) in [5.41, 5.74) is 7.50. The van der Waals surface area contributed by atoms with Crippen LogP contribution >= 0.6 is 11.6 Å². The van der Waals surface area contributed by atoms with Crippen LogP contribution in [0.1, 0.15) is 47.8 Å². The Hall–Kier alpha value is -2.94. The van der Waals surface area contributed by atoms with Gasteiger partial charge in [-0.05, 0) is 41.7 Å². The maximum Gasteiger partial charge on any atom is 0.341 e. The second kappa shape index (κ2) is 9.97. The molecule has 2 aromatic carbocycles. The number of anilines is 1. The predicted molar refractivity (Wildman–Crippen MR) is 135 cm³/mol. The largest absolute Gasteiger partial charge is 0.477 e. The number of rotatable bonds is 7. The van der Waals surface area contributed by atoms with E-state index < -0.39 is 23.3 Å². The first-order valence-corrected chi connectivity index (χ1v) is 12.0. The minimum Gasteiger partial charge on any atom is -0.477 e. The molecule has 1 aliphatic rings. The Morgan fingerprint density at radius 3 is 2.63 bits per heavy atom. The summed E-state index contributed by atoms with van der Waals surface area (Å²) in [6, 6.07) is 7.80. The standard InChI is InChI=1S/C26H29ClFN3O4/c1-14(2)23(13-32)31-12-19(26(34)35)25(33)18-9-16(8-15-4-3-5-20(27)24(15)28)21(10-22(18)31)30-7-6-17(29)11-30/h3-5,9-10,12,14,17,23,32H,6-8,11,13,29H2,1-2H3,(H,34,35)/t17-,23-/m1/s1. The number of aromatic carboxylic acids is 1. The van der Waals surface area contributed by atoms with Crippen molar-refractivity contribution in [1.29, 1.82) is 0 Å². The fourth-order valence-electron chi connectivity index (χ4n) is 4.81. The average Bonchev–Trinajstić information content (AvgIpc) is 3.24. The first-order chi connectivity index (χ1) is 16.6. The van der Waals surface area contributed by atoms with Gasteiger partial charge >= 0.3 is 5.97 Å². The lowest BCUT2D eigenvalue weighted by Gasteiger charge is -2.27. The molecular formula is C26H29ClFN3O4. The highest BCUT2D eigenvalue weighted by molar-refractivity contribution is 6.30. The van der Waals surface area contributed by atoms with Crippen LogP contribution in [-0.4, -0.2) is 46.5 Å². The van der Waals surface area contributed by atoms with Crippen LogP contribution in [-0.2, 0) is 6.42 Å². The Kier molecular flexibility index (Phi) is 7.17. The molecule has 186 valence electrons. The number of benzene rings is 2. The predicted octanol–water partition coefficient (Wildman–Crippen LogP) is 3.81. The maximum atomic E-state index is 14.8. The van der Waals surface area contributed by atoms with Crippen molar-refractivity contribution >= 4 is 34.2 Å². The van der Waals surface area contributed by atoms with Gasteiger partial charge in [-0.1, -0.05) is 37.6 Å². The number of hydrogen-bond donors (Lipinski definition) is 3. The van der Waals surface area contributed by atoms with Crippen LogP contribution in [0.3, 0.4) is 0 Å². The van der Waals surface area contributed by atoms with E-state index in [1.54, 1.807) is 22.8 Å². The zero-order chi connectivity index (χ0) is 25.4. The highest BCUT2D eigenvalue weighted by Crippen LogP contribution is 2.33. The number of hydrogen-bond acceptors (Lipinski definition) is 5. The molecule has 3 aromatic rings. The van der Waals surface area contributed by atoms with Gasteiger partial charge in [0.1, 0.15) is 11.4 Å². The number of carbonyl (C=O) groups is 1. The highest BCUT2D eigenvalue weighted by Gasteiger charge is 2.26. The quantitative estimate of drug-likeness (QED) is 0.454. The Morgan fingerprint density at radius 1 is 1.29 bits per heavy atom. The first-order valence-electron chi connectivity index (χ1n) is 11.6. The second-order valence-electron chi connectivity index (χ2n) is 9.46. The molecule has 1 fully saturated rings. The van der Waals surface area contributed by atoms with Crippen molar-refractivity contribution in [2.45, 2.75) is 38.8 Å². The van der Waals surface area contributed by atoms with Gasteiger partial charge in [0, 0.05) is 42.8 Å². The maximum absolute atomic E-state index is 14.8. The number of nitrogens with zero attached hydrogens (tertiary/aromatic N) is 2. The van der Waals surface area contributed by atoms with Gasteiger partial charge in [-0.2, -0.15) is 0 Å². The Labute approximate surface area is 207 Å². The average molecular weight is 502 g/mol. The van der Waals surface area contributed by atoms with E-state index in [0.717, 1.165) is 12.1 Å². The van der Waals surface area contributed by atoms with E-state index in [1.165, 1.54) is 12.3 Å². The molecule has 1 aromatic heterocycles. The van der Waals surface area contributed by atoms with Crippen molar-refractivity contribution in [3.63, 3.8) is 0 Å². The van der Waals surface area contributed by atoms with Crippen LogP contribution in [0, 0.1) is 11.7 Å². The fourth-order valence-corrected chi connectivity index (χ4v) is 5.00. The number of pyridine rings is 1. The molecule has 2 heterocycles. The Balaban J connectivity index is 2.02.